The van der Waals surface area contributed by atoms with Gasteiger partial charge in [0, 0.05) is 18.8 Å². The maximum absolute atomic E-state index is 9.52. The van der Waals surface area contributed by atoms with Crippen LogP contribution in [-0.4, -0.2) is 22.5 Å². The molecule has 4 heteroatoms. The van der Waals surface area contributed by atoms with Gasteiger partial charge >= 0.3 is 0 Å². The summed E-state index contributed by atoms with van der Waals surface area (Å²) in [6, 6.07) is 10.7. The standard InChI is InChI=1S/C20H23N3O/c1-13-8-17-10-21-20(22-19(17)9-14(13)2)23-7-6-18-15(11-23)4-3-5-16(18)12-24/h3-5,8-9,24H,6-7,10-12H2,1-2H3,(H,21,22). The van der Waals surface area contributed by atoms with E-state index in [0.717, 1.165) is 37.6 Å². The van der Waals surface area contributed by atoms with Crippen molar-refractivity contribution in [2.75, 3.05) is 11.9 Å². The number of nitrogens with one attached hydrogen (secondary N) is 1. The Bertz CT molecular complexity index is 826. The molecule has 2 aromatic rings. The van der Waals surface area contributed by atoms with Gasteiger partial charge in [0.1, 0.15) is 0 Å². The van der Waals surface area contributed by atoms with Gasteiger partial charge in [-0.15, -0.1) is 0 Å². The van der Waals surface area contributed by atoms with E-state index in [1.165, 1.54) is 33.5 Å². The second-order valence-corrected chi connectivity index (χ2v) is 6.74. The minimum atomic E-state index is 0.119. The predicted molar refractivity (Wildman–Crippen MR) is 97.2 cm³/mol. The normalized spacial score (nSPS) is 16.1. The Kier molecular flexibility index (Phi) is 3.77. The van der Waals surface area contributed by atoms with Gasteiger partial charge in [-0.2, -0.15) is 0 Å². The van der Waals surface area contributed by atoms with Crippen molar-refractivity contribution in [3.63, 3.8) is 0 Å². The summed E-state index contributed by atoms with van der Waals surface area (Å²) in [4.78, 5) is 7.07. The molecular weight excluding hydrogens is 298 g/mol. The molecule has 0 aromatic heterocycles. The number of benzene rings is 2. The highest BCUT2D eigenvalue weighted by atomic mass is 16.3. The van der Waals surface area contributed by atoms with Crippen molar-refractivity contribution in [3.8, 4) is 0 Å². The average Bonchev–Trinajstić information content (AvgIpc) is 2.61. The fourth-order valence-corrected chi connectivity index (χ4v) is 3.64. The first kappa shape index (κ1) is 15.2. The number of fused-ring (bicyclic) bond motifs is 2. The fraction of sp³-hybridized carbons (Fsp3) is 0.350. The molecule has 0 radical (unpaired) electrons. The van der Waals surface area contributed by atoms with Crippen LogP contribution in [0, 0.1) is 13.8 Å². The molecule has 0 atom stereocenters. The van der Waals surface area contributed by atoms with E-state index in [9.17, 15) is 5.11 Å². The first-order valence-corrected chi connectivity index (χ1v) is 8.53. The molecule has 4 nitrogen and oxygen atoms in total. The van der Waals surface area contributed by atoms with Crippen molar-refractivity contribution in [2.24, 2.45) is 4.99 Å². The molecule has 24 heavy (non-hydrogen) atoms. The fourth-order valence-electron chi connectivity index (χ4n) is 3.64. The number of aliphatic imine (C=N–C) groups is 1. The molecule has 2 heterocycles. The first-order chi connectivity index (χ1) is 11.7. The number of anilines is 1. The van der Waals surface area contributed by atoms with Crippen LogP contribution < -0.4 is 5.32 Å². The zero-order chi connectivity index (χ0) is 16.7. The number of hydrogen-bond acceptors (Lipinski definition) is 4. The van der Waals surface area contributed by atoms with E-state index in [-0.39, 0.29) is 6.61 Å². The number of aliphatic hydroxyl groups excluding tert-OH is 1. The highest BCUT2D eigenvalue weighted by Crippen LogP contribution is 2.28. The molecule has 0 saturated heterocycles. The second-order valence-electron chi connectivity index (χ2n) is 6.74. The summed E-state index contributed by atoms with van der Waals surface area (Å²) in [5.41, 5.74) is 8.72. The van der Waals surface area contributed by atoms with Gasteiger partial charge in [-0.3, -0.25) is 0 Å². The lowest BCUT2D eigenvalue weighted by Crippen LogP contribution is -2.41. The molecule has 4 rings (SSSR count). The topological polar surface area (TPSA) is 47.9 Å². The third-order valence-electron chi connectivity index (χ3n) is 5.20. The molecule has 0 amide bonds. The Morgan fingerprint density at radius 3 is 2.83 bits per heavy atom. The number of aryl methyl sites for hydroxylation is 2. The summed E-state index contributed by atoms with van der Waals surface area (Å²) in [5, 5.41) is 13.0. The molecule has 2 N–H and O–H groups in total. The summed E-state index contributed by atoms with van der Waals surface area (Å²) >= 11 is 0. The van der Waals surface area contributed by atoms with Gasteiger partial charge in [0.05, 0.1) is 13.2 Å². The second kappa shape index (κ2) is 5.95. The lowest BCUT2D eigenvalue weighted by atomic mass is 9.95. The monoisotopic (exact) mass is 321 g/mol. The lowest BCUT2D eigenvalue weighted by molar-refractivity contribution is 0.278. The van der Waals surface area contributed by atoms with E-state index in [1.807, 2.05) is 12.1 Å². The SMILES string of the molecule is Cc1cc2c(cc1C)NC(N1CCc3c(CO)cccc3C1)=NC2. The average molecular weight is 321 g/mol. The quantitative estimate of drug-likeness (QED) is 0.848. The minimum absolute atomic E-state index is 0.119. The van der Waals surface area contributed by atoms with E-state index >= 15 is 0 Å². The van der Waals surface area contributed by atoms with Crippen LogP contribution in [0.5, 0.6) is 0 Å². The Labute approximate surface area is 142 Å². The van der Waals surface area contributed by atoms with Crippen LogP contribution in [0.15, 0.2) is 35.3 Å². The summed E-state index contributed by atoms with van der Waals surface area (Å²) in [5.74, 6) is 0.964. The third-order valence-corrected chi connectivity index (χ3v) is 5.20. The van der Waals surface area contributed by atoms with Crippen molar-refractivity contribution < 1.29 is 5.11 Å². The number of nitrogens with zero attached hydrogens (tertiary/aromatic N) is 2. The summed E-state index contributed by atoms with van der Waals surface area (Å²) < 4.78 is 0. The zero-order valence-corrected chi connectivity index (χ0v) is 14.3. The van der Waals surface area contributed by atoms with Crippen molar-refractivity contribution in [2.45, 2.75) is 40.0 Å². The van der Waals surface area contributed by atoms with Crippen LogP contribution in [0.4, 0.5) is 5.69 Å². The maximum Gasteiger partial charge on any atom is 0.199 e. The molecule has 124 valence electrons. The molecule has 2 aliphatic heterocycles. The van der Waals surface area contributed by atoms with Crippen LogP contribution in [0.25, 0.3) is 0 Å². The minimum Gasteiger partial charge on any atom is -0.392 e. The first-order valence-electron chi connectivity index (χ1n) is 8.53. The zero-order valence-electron chi connectivity index (χ0n) is 14.3. The molecule has 0 fully saturated rings. The highest BCUT2D eigenvalue weighted by Gasteiger charge is 2.23. The van der Waals surface area contributed by atoms with E-state index in [0.29, 0.717) is 0 Å². The molecular formula is C20H23N3O. The Hall–Kier alpha value is -2.33. The van der Waals surface area contributed by atoms with Crippen molar-refractivity contribution >= 4 is 11.6 Å². The van der Waals surface area contributed by atoms with Crippen LogP contribution >= 0.6 is 0 Å². The molecule has 0 spiro atoms. The highest BCUT2D eigenvalue weighted by molar-refractivity contribution is 5.96. The van der Waals surface area contributed by atoms with Gasteiger partial charge in [-0.05, 0) is 59.7 Å². The van der Waals surface area contributed by atoms with Crippen molar-refractivity contribution in [1.82, 2.24) is 4.90 Å². The molecule has 0 bridgehead atoms. The van der Waals surface area contributed by atoms with Crippen LogP contribution in [-0.2, 0) is 26.1 Å². The lowest BCUT2D eigenvalue weighted by Gasteiger charge is -2.34. The molecule has 2 aromatic carbocycles. The van der Waals surface area contributed by atoms with Crippen LogP contribution in [0.2, 0.25) is 0 Å². The van der Waals surface area contributed by atoms with Crippen LogP contribution in [0.1, 0.15) is 33.4 Å². The summed E-state index contributed by atoms with van der Waals surface area (Å²) in [6.07, 6.45) is 0.951. The Morgan fingerprint density at radius 1 is 1.17 bits per heavy atom. The van der Waals surface area contributed by atoms with E-state index < -0.39 is 0 Å². The van der Waals surface area contributed by atoms with Gasteiger partial charge in [0.15, 0.2) is 5.96 Å². The van der Waals surface area contributed by atoms with Gasteiger partial charge in [0.2, 0.25) is 0 Å². The number of guanidine groups is 1. The largest absolute Gasteiger partial charge is 0.392 e. The van der Waals surface area contributed by atoms with Crippen molar-refractivity contribution in [3.05, 3.63) is 63.7 Å². The van der Waals surface area contributed by atoms with Gasteiger partial charge in [-0.25, -0.2) is 4.99 Å². The molecule has 0 saturated carbocycles. The predicted octanol–water partition coefficient (Wildman–Crippen LogP) is 3.14. The van der Waals surface area contributed by atoms with Crippen molar-refractivity contribution in [1.29, 1.82) is 0 Å². The maximum atomic E-state index is 9.52. The number of hydrogen-bond donors (Lipinski definition) is 2. The molecule has 0 unspecified atom stereocenters. The van der Waals surface area contributed by atoms with Gasteiger partial charge < -0.3 is 15.3 Å². The molecule has 2 aliphatic rings. The number of aliphatic hydroxyl groups is 1. The van der Waals surface area contributed by atoms with E-state index in [2.05, 4.69) is 42.3 Å². The third kappa shape index (κ3) is 2.57. The number of rotatable bonds is 1. The van der Waals surface area contributed by atoms with E-state index in [1.54, 1.807) is 0 Å². The Balaban J connectivity index is 1.58. The van der Waals surface area contributed by atoms with Gasteiger partial charge in [-0.1, -0.05) is 24.3 Å². The van der Waals surface area contributed by atoms with Crippen LogP contribution in [0.3, 0.4) is 0 Å². The van der Waals surface area contributed by atoms with Gasteiger partial charge in [0.25, 0.3) is 0 Å². The summed E-state index contributed by atoms with van der Waals surface area (Å²) in [7, 11) is 0. The molecule has 0 aliphatic carbocycles. The van der Waals surface area contributed by atoms with E-state index in [4.69, 9.17) is 4.99 Å². The summed E-state index contributed by atoms with van der Waals surface area (Å²) in [6.45, 7) is 6.92. The Morgan fingerprint density at radius 2 is 2.00 bits per heavy atom. The smallest absolute Gasteiger partial charge is 0.199 e.